The number of imide groups is 1. The van der Waals surface area contributed by atoms with Crippen molar-refractivity contribution in [1.82, 2.24) is 10.6 Å². The van der Waals surface area contributed by atoms with Gasteiger partial charge in [0.1, 0.15) is 11.9 Å². The summed E-state index contributed by atoms with van der Waals surface area (Å²) in [7, 11) is 0. The van der Waals surface area contributed by atoms with Gasteiger partial charge in [0.25, 0.3) is 5.91 Å². The van der Waals surface area contributed by atoms with E-state index in [-0.39, 0.29) is 24.3 Å². The minimum Gasteiger partial charge on any atom is -0.340 e. The molecule has 1 heterocycles. The molecule has 0 spiro atoms. The molecule has 0 radical (unpaired) electrons. The highest BCUT2D eigenvalue weighted by Gasteiger charge is 2.28. The Labute approximate surface area is 122 Å². The molecule has 1 aromatic rings. The SMILES string of the molecule is O=C1CC[C@H](NC(=O)c2cccc(I)c2F)C(=O)N1. The van der Waals surface area contributed by atoms with Crippen LogP contribution < -0.4 is 10.6 Å². The van der Waals surface area contributed by atoms with E-state index >= 15 is 0 Å². The van der Waals surface area contributed by atoms with Crippen LogP contribution in [0.4, 0.5) is 4.39 Å². The van der Waals surface area contributed by atoms with Crippen LogP contribution >= 0.6 is 22.6 Å². The first-order valence-electron chi connectivity index (χ1n) is 5.57. The molecule has 1 aliphatic rings. The fourth-order valence-electron chi connectivity index (χ4n) is 1.75. The van der Waals surface area contributed by atoms with Gasteiger partial charge in [-0.3, -0.25) is 19.7 Å². The van der Waals surface area contributed by atoms with E-state index in [0.29, 0.717) is 3.57 Å². The summed E-state index contributed by atoms with van der Waals surface area (Å²) in [6, 6.07) is 3.64. The quantitative estimate of drug-likeness (QED) is 0.597. The van der Waals surface area contributed by atoms with Crippen molar-refractivity contribution in [1.29, 1.82) is 0 Å². The number of carbonyl (C=O) groups excluding carboxylic acids is 3. The first-order chi connectivity index (χ1) is 8.99. The Morgan fingerprint density at radius 2 is 2.16 bits per heavy atom. The molecule has 1 saturated heterocycles. The number of benzene rings is 1. The zero-order chi connectivity index (χ0) is 14.0. The molecule has 19 heavy (non-hydrogen) atoms. The lowest BCUT2D eigenvalue weighted by atomic mass is 10.1. The Hall–Kier alpha value is -1.51. The molecular weight excluding hydrogens is 366 g/mol. The van der Waals surface area contributed by atoms with Crippen LogP contribution in [0.5, 0.6) is 0 Å². The molecule has 0 bridgehead atoms. The molecule has 1 atom stereocenters. The number of hydrogen-bond donors (Lipinski definition) is 2. The van der Waals surface area contributed by atoms with Crippen LogP contribution in [0.3, 0.4) is 0 Å². The van der Waals surface area contributed by atoms with Gasteiger partial charge >= 0.3 is 0 Å². The van der Waals surface area contributed by atoms with Crippen molar-refractivity contribution in [2.24, 2.45) is 0 Å². The van der Waals surface area contributed by atoms with E-state index in [0.717, 1.165) is 0 Å². The number of halogens is 2. The normalized spacial score (nSPS) is 18.9. The predicted molar refractivity (Wildman–Crippen MR) is 72.8 cm³/mol. The minimum absolute atomic E-state index is 0.114. The molecular formula is C12H10FIN2O3. The summed E-state index contributed by atoms with van der Waals surface area (Å²) < 4.78 is 14.1. The topological polar surface area (TPSA) is 75.3 Å². The van der Waals surface area contributed by atoms with E-state index in [2.05, 4.69) is 10.6 Å². The summed E-state index contributed by atoms with van der Waals surface area (Å²) in [5, 5.41) is 4.55. The zero-order valence-corrected chi connectivity index (χ0v) is 11.9. The third kappa shape index (κ3) is 3.09. The van der Waals surface area contributed by atoms with Gasteiger partial charge in [-0.15, -0.1) is 0 Å². The standard InChI is InChI=1S/C12H10FIN2O3/c13-10-6(2-1-3-7(10)14)11(18)15-8-4-5-9(17)16-12(8)19/h1-3,8H,4-5H2,(H,15,18)(H,16,17,19)/t8-/m0/s1. The van der Waals surface area contributed by atoms with Crippen LogP contribution in [0.2, 0.25) is 0 Å². The van der Waals surface area contributed by atoms with Gasteiger partial charge in [-0.1, -0.05) is 6.07 Å². The lowest BCUT2D eigenvalue weighted by Gasteiger charge is -2.21. The molecule has 3 amide bonds. The molecule has 100 valence electrons. The van der Waals surface area contributed by atoms with Crippen LogP contribution in [-0.4, -0.2) is 23.8 Å². The Bertz CT molecular complexity index is 562. The largest absolute Gasteiger partial charge is 0.340 e. The van der Waals surface area contributed by atoms with Crippen LogP contribution in [-0.2, 0) is 9.59 Å². The summed E-state index contributed by atoms with van der Waals surface area (Å²) in [6.45, 7) is 0. The van der Waals surface area contributed by atoms with Gasteiger partial charge in [0.15, 0.2) is 0 Å². The first-order valence-corrected chi connectivity index (χ1v) is 6.65. The van der Waals surface area contributed by atoms with Crippen LogP contribution in [0.25, 0.3) is 0 Å². The molecule has 2 N–H and O–H groups in total. The Balaban J connectivity index is 2.11. The number of piperidine rings is 1. The maximum Gasteiger partial charge on any atom is 0.254 e. The number of amides is 3. The van der Waals surface area contributed by atoms with Gasteiger partial charge in [0.05, 0.1) is 5.56 Å². The maximum atomic E-state index is 13.7. The van der Waals surface area contributed by atoms with E-state index < -0.39 is 23.7 Å². The van der Waals surface area contributed by atoms with Crippen LogP contribution in [0.1, 0.15) is 23.2 Å². The van der Waals surface area contributed by atoms with Gasteiger partial charge in [0, 0.05) is 9.99 Å². The predicted octanol–water partition coefficient (Wildman–Crippen LogP) is 0.965. The van der Waals surface area contributed by atoms with E-state index in [1.807, 2.05) is 0 Å². The molecule has 0 aliphatic carbocycles. The molecule has 1 aliphatic heterocycles. The third-order valence-electron chi connectivity index (χ3n) is 2.74. The van der Waals surface area contributed by atoms with E-state index in [9.17, 15) is 18.8 Å². The van der Waals surface area contributed by atoms with Crippen molar-refractivity contribution >= 4 is 40.3 Å². The summed E-state index contributed by atoms with van der Waals surface area (Å²) in [6.07, 6.45) is 0.382. The molecule has 0 aromatic heterocycles. The van der Waals surface area contributed by atoms with Crippen LogP contribution in [0, 0.1) is 9.39 Å². The van der Waals surface area contributed by atoms with Crippen molar-refractivity contribution in [3.63, 3.8) is 0 Å². The summed E-state index contributed by atoms with van der Waals surface area (Å²) in [4.78, 5) is 34.3. The van der Waals surface area contributed by atoms with Gasteiger partial charge < -0.3 is 5.32 Å². The lowest BCUT2D eigenvalue weighted by molar-refractivity contribution is -0.134. The summed E-state index contributed by atoms with van der Waals surface area (Å²) in [5.41, 5.74) is -0.114. The summed E-state index contributed by atoms with van der Waals surface area (Å²) in [5.74, 6) is -2.20. The van der Waals surface area contributed by atoms with Gasteiger partial charge in [-0.2, -0.15) is 0 Å². The number of hydrogen-bond acceptors (Lipinski definition) is 3. The Kier molecular flexibility index (Phi) is 4.13. The van der Waals surface area contributed by atoms with Crippen molar-refractivity contribution in [2.75, 3.05) is 0 Å². The number of rotatable bonds is 2. The average molecular weight is 376 g/mol. The minimum atomic E-state index is -0.803. The second-order valence-electron chi connectivity index (χ2n) is 4.08. The van der Waals surface area contributed by atoms with Gasteiger partial charge in [-0.25, -0.2) is 4.39 Å². The van der Waals surface area contributed by atoms with Crippen molar-refractivity contribution in [3.05, 3.63) is 33.1 Å². The second kappa shape index (κ2) is 5.64. The van der Waals surface area contributed by atoms with Crippen LogP contribution in [0.15, 0.2) is 18.2 Å². The van der Waals surface area contributed by atoms with E-state index in [1.165, 1.54) is 6.07 Å². The highest BCUT2D eigenvalue weighted by atomic mass is 127. The molecule has 0 saturated carbocycles. The summed E-state index contributed by atoms with van der Waals surface area (Å²) >= 11 is 1.78. The van der Waals surface area contributed by atoms with E-state index in [1.54, 1.807) is 34.7 Å². The average Bonchev–Trinajstić information content (AvgIpc) is 2.36. The molecule has 0 unspecified atom stereocenters. The number of carbonyl (C=O) groups is 3. The molecule has 5 nitrogen and oxygen atoms in total. The Morgan fingerprint density at radius 3 is 2.84 bits per heavy atom. The van der Waals surface area contributed by atoms with Crippen molar-refractivity contribution in [3.8, 4) is 0 Å². The van der Waals surface area contributed by atoms with Crippen molar-refractivity contribution < 1.29 is 18.8 Å². The smallest absolute Gasteiger partial charge is 0.254 e. The highest BCUT2D eigenvalue weighted by molar-refractivity contribution is 14.1. The Morgan fingerprint density at radius 1 is 1.42 bits per heavy atom. The highest BCUT2D eigenvalue weighted by Crippen LogP contribution is 2.15. The molecule has 7 heteroatoms. The number of nitrogens with one attached hydrogen (secondary N) is 2. The third-order valence-corrected chi connectivity index (χ3v) is 3.57. The van der Waals surface area contributed by atoms with Crippen molar-refractivity contribution in [2.45, 2.75) is 18.9 Å². The molecule has 2 rings (SSSR count). The monoisotopic (exact) mass is 376 g/mol. The fourth-order valence-corrected chi connectivity index (χ4v) is 2.24. The maximum absolute atomic E-state index is 13.7. The first kappa shape index (κ1) is 13.9. The molecule has 1 aromatic carbocycles. The van der Waals surface area contributed by atoms with Gasteiger partial charge in [0.2, 0.25) is 11.8 Å². The second-order valence-corrected chi connectivity index (χ2v) is 5.24. The molecule has 1 fully saturated rings. The zero-order valence-electron chi connectivity index (χ0n) is 9.70. The fraction of sp³-hybridized carbons (Fsp3) is 0.250. The van der Waals surface area contributed by atoms with E-state index in [4.69, 9.17) is 0 Å². The lowest BCUT2D eigenvalue weighted by Crippen LogP contribution is -2.52. The van der Waals surface area contributed by atoms with Gasteiger partial charge in [-0.05, 0) is 41.1 Å².